The number of Topliss-reactive ketones (excluding diaryl/α,β-unsaturated/α-hetero) is 1. The molecule has 4 nitrogen and oxygen atoms in total. The van der Waals surface area contributed by atoms with Crippen molar-refractivity contribution in [3.05, 3.63) is 38.7 Å². The van der Waals surface area contributed by atoms with Crippen molar-refractivity contribution in [3.63, 3.8) is 0 Å². The molecular weight excluding hydrogens is 268 g/mol. The Labute approximate surface area is 114 Å². The quantitative estimate of drug-likeness (QED) is 0.811. The van der Waals surface area contributed by atoms with Crippen LogP contribution in [-0.2, 0) is 4.79 Å². The molecule has 0 aliphatic carbocycles. The van der Waals surface area contributed by atoms with E-state index in [4.69, 9.17) is 20.8 Å². The number of fused-ring (bicyclic) bond motifs is 1. The number of carbonyl (C=O) groups is 1. The summed E-state index contributed by atoms with van der Waals surface area (Å²) in [4.78, 5) is 22.5. The molecule has 0 amide bonds. The fraction of sp³-hybridized carbons (Fsp3) is 0.286. The van der Waals surface area contributed by atoms with Crippen LogP contribution >= 0.6 is 11.6 Å². The third-order valence-corrected chi connectivity index (χ3v) is 3.24. The number of halogens is 1. The number of rotatable bonds is 3. The second-order valence-electron chi connectivity index (χ2n) is 4.41. The second-order valence-corrected chi connectivity index (χ2v) is 4.82. The minimum atomic E-state index is -0.384. The van der Waals surface area contributed by atoms with Gasteiger partial charge in [-0.2, -0.15) is 0 Å². The van der Waals surface area contributed by atoms with Gasteiger partial charge in [-0.1, -0.05) is 11.6 Å². The van der Waals surface area contributed by atoms with Crippen molar-refractivity contribution in [3.8, 4) is 5.75 Å². The molecule has 0 saturated carbocycles. The molecule has 0 unspecified atom stereocenters. The van der Waals surface area contributed by atoms with Gasteiger partial charge >= 0.3 is 5.63 Å². The van der Waals surface area contributed by atoms with Crippen molar-refractivity contribution in [2.24, 2.45) is 0 Å². The van der Waals surface area contributed by atoms with Crippen molar-refractivity contribution >= 4 is 28.4 Å². The highest BCUT2D eigenvalue weighted by atomic mass is 35.5. The maximum Gasteiger partial charge on any atom is 0.339 e. The smallest absolute Gasteiger partial charge is 0.339 e. The summed E-state index contributed by atoms with van der Waals surface area (Å²) in [6, 6.07) is 3.21. The van der Waals surface area contributed by atoms with Crippen molar-refractivity contribution in [1.29, 1.82) is 0 Å². The van der Waals surface area contributed by atoms with Crippen LogP contribution in [0.1, 0.15) is 18.1 Å². The molecule has 5 heteroatoms. The molecule has 0 fully saturated rings. The van der Waals surface area contributed by atoms with Gasteiger partial charge in [-0.05, 0) is 32.4 Å². The average Bonchev–Trinajstić information content (AvgIpc) is 2.35. The van der Waals surface area contributed by atoms with Crippen LogP contribution in [0.4, 0.5) is 0 Å². The first-order valence-electron chi connectivity index (χ1n) is 5.76. The van der Waals surface area contributed by atoms with E-state index in [1.807, 2.05) is 6.92 Å². The number of benzene rings is 1. The van der Waals surface area contributed by atoms with E-state index in [1.165, 1.54) is 13.0 Å². The van der Waals surface area contributed by atoms with Gasteiger partial charge in [0.25, 0.3) is 0 Å². The van der Waals surface area contributed by atoms with Crippen LogP contribution in [0.25, 0.3) is 11.0 Å². The molecule has 0 spiro atoms. The zero-order chi connectivity index (χ0) is 14.2. The molecule has 2 aromatic rings. The van der Waals surface area contributed by atoms with Gasteiger partial charge in [-0.25, -0.2) is 4.79 Å². The molecule has 100 valence electrons. The topological polar surface area (TPSA) is 56.5 Å². The lowest BCUT2D eigenvalue weighted by Gasteiger charge is -2.09. The molecule has 1 aromatic heterocycles. The SMILES string of the molecule is CC(=O)COc1cc2oc(=O)c(C)c(C)c2cc1Cl. The fourth-order valence-corrected chi connectivity index (χ4v) is 1.95. The standard InChI is InChI=1S/C14H13ClO4/c1-7(16)6-18-13-5-12-10(4-11(13)15)8(2)9(3)14(17)19-12/h4-5H,6H2,1-3H3. The highest BCUT2D eigenvalue weighted by Gasteiger charge is 2.12. The van der Waals surface area contributed by atoms with E-state index in [-0.39, 0.29) is 18.0 Å². The predicted molar refractivity (Wildman–Crippen MR) is 73.1 cm³/mol. The summed E-state index contributed by atoms with van der Waals surface area (Å²) in [5, 5.41) is 1.14. The second kappa shape index (κ2) is 5.05. The Bertz CT molecular complexity index is 715. The lowest BCUT2D eigenvalue weighted by Crippen LogP contribution is -2.08. The summed E-state index contributed by atoms with van der Waals surface area (Å²) in [5.41, 5.74) is 1.40. The first-order valence-corrected chi connectivity index (χ1v) is 6.13. The molecule has 2 rings (SSSR count). The van der Waals surface area contributed by atoms with E-state index >= 15 is 0 Å². The number of hydrogen-bond donors (Lipinski definition) is 0. The van der Waals surface area contributed by atoms with Gasteiger partial charge in [-0.15, -0.1) is 0 Å². The Balaban J connectivity index is 2.59. The van der Waals surface area contributed by atoms with Gasteiger partial charge < -0.3 is 9.15 Å². The Morgan fingerprint density at radius 3 is 2.63 bits per heavy atom. The van der Waals surface area contributed by atoms with E-state index in [0.717, 1.165) is 10.9 Å². The van der Waals surface area contributed by atoms with Crippen LogP contribution in [-0.4, -0.2) is 12.4 Å². The molecular formula is C14H13ClO4. The molecule has 0 radical (unpaired) electrons. The zero-order valence-corrected chi connectivity index (χ0v) is 11.6. The van der Waals surface area contributed by atoms with E-state index in [0.29, 0.717) is 21.9 Å². The maximum atomic E-state index is 11.6. The lowest BCUT2D eigenvalue weighted by molar-refractivity contribution is -0.118. The Kier molecular flexibility index (Phi) is 3.62. The van der Waals surface area contributed by atoms with Crippen molar-refractivity contribution in [2.45, 2.75) is 20.8 Å². The Morgan fingerprint density at radius 1 is 1.32 bits per heavy atom. The highest BCUT2D eigenvalue weighted by Crippen LogP contribution is 2.31. The molecule has 19 heavy (non-hydrogen) atoms. The van der Waals surface area contributed by atoms with Crippen molar-refractivity contribution in [2.75, 3.05) is 6.61 Å². The van der Waals surface area contributed by atoms with E-state index in [1.54, 1.807) is 13.0 Å². The summed E-state index contributed by atoms with van der Waals surface area (Å²) in [6.07, 6.45) is 0. The van der Waals surface area contributed by atoms with Crippen molar-refractivity contribution in [1.82, 2.24) is 0 Å². The van der Waals surface area contributed by atoms with Crippen LogP contribution in [0.3, 0.4) is 0 Å². The van der Waals surface area contributed by atoms with Gasteiger partial charge in [0, 0.05) is 17.0 Å². The fourth-order valence-electron chi connectivity index (χ4n) is 1.73. The minimum Gasteiger partial charge on any atom is -0.484 e. The van der Waals surface area contributed by atoms with E-state index < -0.39 is 0 Å². The highest BCUT2D eigenvalue weighted by molar-refractivity contribution is 6.32. The molecule has 1 aromatic carbocycles. The molecule has 0 N–H and O–H groups in total. The van der Waals surface area contributed by atoms with Crippen molar-refractivity contribution < 1.29 is 13.9 Å². The summed E-state index contributed by atoms with van der Waals surface area (Å²) in [5.74, 6) is 0.216. The van der Waals surface area contributed by atoms with Gasteiger partial charge in [0.05, 0.1) is 5.02 Å². The first-order chi connectivity index (χ1) is 8.90. The van der Waals surface area contributed by atoms with Crippen LogP contribution in [0, 0.1) is 13.8 Å². The molecule has 0 aliphatic heterocycles. The number of aryl methyl sites for hydroxylation is 1. The summed E-state index contributed by atoms with van der Waals surface area (Å²) < 4.78 is 10.5. The van der Waals surface area contributed by atoms with E-state index in [9.17, 15) is 9.59 Å². The summed E-state index contributed by atoms with van der Waals surface area (Å²) >= 11 is 6.09. The summed E-state index contributed by atoms with van der Waals surface area (Å²) in [6.45, 7) is 4.89. The predicted octanol–water partition coefficient (Wildman–Crippen LogP) is 3.03. The number of ketones is 1. The molecule has 0 atom stereocenters. The monoisotopic (exact) mass is 280 g/mol. The number of hydrogen-bond acceptors (Lipinski definition) is 4. The Morgan fingerprint density at radius 2 is 2.00 bits per heavy atom. The molecule has 0 bridgehead atoms. The molecule has 1 heterocycles. The Hall–Kier alpha value is -1.81. The molecule has 0 aliphatic rings. The van der Waals surface area contributed by atoms with Crippen LogP contribution in [0.5, 0.6) is 5.75 Å². The number of ether oxygens (including phenoxy) is 1. The van der Waals surface area contributed by atoms with Crippen LogP contribution in [0.2, 0.25) is 5.02 Å². The van der Waals surface area contributed by atoms with Gasteiger partial charge in [0.15, 0.2) is 5.78 Å². The first kappa shape index (κ1) is 13.6. The zero-order valence-electron chi connectivity index (χ0n) is 10.9. The normalized spacial score (nSPS) is 10.7. The average molecular weight is 281 g/mol. The van der Waals surface area contributed by atoms with Gasteiger partial charge in [-0.3, -0.25) is 4.79 Å². The van der Waals surface area contributed by atoms with E-state index in [2.05, 4.69) is 0 Å². The van der Waals surface area contributed by atoms with Crippen LogP contribution < -0.4 is 10.4 Å². The minimum absolute atomic E-state index is 0.0691. The third kappa shape index (κ3) is 2.63. The molecule has 0 saturated heterocycles. The number of carbonyl (C=O) groups excluding carboxylic acids is 1. The largest absolute Gasteiger partial charge is 0.484 e. The maximum absolute atomic E-state index is 11.6. The van der Waals surface area contributed by atoms with Gasteiger partial charge in [0.2, 0.25) is 0 Å². The lowest BCUT2D eigenvalue weighted by atomic mass is 10.1. The van der Waals surface area contributed by atoms with Crippen LogP contribution in [0.15, 0.2) is 21.3 Å². The van der Waals surface area contributed by atoms with Gasteiger partial charge in [0.1, 0.15) is 17.9 Å². The third-order valence-electron chi connectivity index (χ3n) is 2.94. The summed E-state index contributed by atoms with van der Waals surface area (Å²) in [7, 11) is 0.